The highest BCUT2D eigenvalue weighted by Crippen LogP contribution is 2.28. The number of nitrogens with zero attached hydrogens (tertiary/aromatic N) is 1. The summed E-state index contributed by atoms with van der Waals surface area (Å²) in [6.45, 7) is 4.64. The smallest absolute Gasteiger partial charge is 0.0900 e. The fraction of sp³-hybridized carbons (Fsp3) is 0.429. The highest BCUT2D eigenvalue weighted by Gasteiger charge is 2.30. The molecular formula is C21H27NO2. The summed E-state index contributed by atoms with van der Waals surface area (Å²) in [5.41, 5.74) is 3.75. The molecule has 0 spiro atoms. The number of aliphatic hydroxyl groups is 1. The summed E-state index contributed by atoms with van der Waals surface area (Å²) in [7, 11) is 0. The maximum atomic E-state index is 10.3. The van der Waals surface area contributed by atoms with Gasteiger partial charge in [-0.1, -0.05) is 60.2 Å². The van der Waals surface area contributed by atoms with E-state index in [0.29, 0.717) is 25.8 Å². The summed E-state index contributed by atoms with van der Waals surface area (Å²) in [4.78, 5) is 2.39. The molecular weight excluding hydrogens is 298 g/mol. The van der Waals surface area contributed by atoms with E-state index in [4.69, 9.17) is 4.74 Å². The molecule has 0 saturated heterocycles. The van der Waals surface area contributed by atoms with Gasteiger partial charge in [-0.15, -0.1) is 0 Å². The van der Waals surface area contributed by atoms with Crippen LogP contribution in [-0.4, -0.2) is 35.3 Å². The van der Waals surface area contributed by atoms with Crippen molar-refractivity contribution in [3.63, 3.8) is 0 Å². The van der Waals surface area contributed by atoms with Gasteiger partial charge in [0, 0.05) is 19.1 Å². The van der Waals surface area contributed by atoms with Crippen molar-refractivity contribution in [3.05, 3.63) is 71.3 Å². The Hall–Kier alpha value is -1.68. The Kier molecular flexibility index (Phi) is 6.02. The molecule has 0 aliphatic heterocycles. The monoisotopic (exact) mass is 325 g/mol. The van der Waals surface area contributed by atoms with Crippen LogP contribution in [0.25, 0.3) is 0 Å². The maximum absolute atomic E-state index is 10.3. The second kappa shape index (κ2) is 8.43. The number of aryl methyl sites for hydroxylation is 1. The molecule has 0 radical (unpaired) electrons. The average Bonchev–Trinajstić information content (AvgIpc) is 3.40. The molecule has 0 heterocycles. The molecule has 1 aliphatic carbocycles. The number of hydrogen-bond acceptors (Lipinski definition) is 3. The van der Waals surface area contributed by atoms with Crippen LogP contribution in [-0.2, 0) is 17.9 Å². The topological polar surface area (TPSA) is 32.7 Å². The summed E-state index contributed by atoms with van der Waals surface area (Å²) in [6.07, 6.45) is 2.03. The molecule has 1 N–H and O–H groups in total. The molecule has 0 unspecified atom stereocenters. The van der Waals surface area contributed by atoms with E-state index >= 15 is 0 Å². The van der Waals surface area contributed by atoms with Crippen LogP contribution < -0.4 is 0 Å². The predicted molar refractivity (Wildman–Crippen MR) is 96.7 cm³/mol. The van der Waals surface area contributed by atoms with Gasteiger partial charge in [-0.05, 0) is 30.9 Å². The molecule has 1 fully saturated rings. The molecule has 3 nitrogen and oxygen atoms in total. The summed E-state index contributed by atoms with van der Waals surface area (Å²) in [5.74, 6) is 0. The molecule has 2 aromatic carbocycles. The first-order chi connectivity index (χ1) is 11.7. The minimum absolute atomic E-state index is 0.381. The van der Waals surface area contributed by atoms with Crippen molar-refractivity contribution in [3.8, 4) is 0 Å². The lowest BCUT2D eigenvalue weighted by Gasteiger charge is -2.25. The Morgan fingerprint density at radius 2 is 1.83 bits per heavy atom. The number of rotatable bonds is 9. The van der Waals surface area contributed by atoms with E-state index in [-0.39, 0.29) is 0 Å². The normalized spacial score (nSPS) is 15.6. The molecule has 0 amide bonds. The minimum atomic E-state index is -0.445. The molecule has 0 bridgehead atoms. The number of ether oxygens (including phenoxy) is 1. The largest absolute Gasteiger partial charge is 0.389 e. The van der Waals surface area contributed by atoms with Crippen molar-refractivity contribution in [1.82, 2.24) is 4.90 Å². The molecule has 3 heteroatoms. The van der Waals surface area contributed by atoms with E-state index in [9.17, 15) is 5.11 Å². The summed E-state index contributed by atoms with van der Waals surface area (Å²) < 4.78 is 5.68. The van der Waals surface area contributed by atoms with Crippen LogP contribution in [0.1, 0.15) is 29.5 Å². The average molecular weight is 325 g/mol. The molecule has 2 aromatic rings. The maximum Gasteiger partial charge on any atom is 0.0900 e. The van der Waals surface area contributed by atoms with Crippen LogP contribution in [0.5, 0.6) is 0 Å². The minimum Gasteiger partial charge on any atom is -0.389 e. The standard InChI is InChI=1S/C21H27NO2/c1-17-6-5-9-19(12-17)13-22(20-10-11-20)14-21(23)16-24-15-18-7-3-2-4-8-18/h2-9,12,20-21,23H,10-11,13-16H2,1H3/t21-/m1/s1. The quantitative estimate of drug-likeness (QED) is 0.765. The Morgan fingerprint density at radius 3 is 2.54 bits per heavy atom. The molecule has 0 aromatic heterocycles. The van der Waals surface area contributed by atoms with Crippen LogP contribution >= 0.6 is 0 Å². The van der Waals surface area contributed by atoms with Gasteiger partial charge in [0.1, 0.15) is 0 Å². The zero-order chi connectivity index (χ0) is 16.8. The molecule has 1 aliphatic rings. The van der Waals surface area contributed by atoms with E-state index in [1.807, 2.05) is 30.3 Å². The first-order valence-electron chi connectivity index (χ1n) is 8.80. The third-order valence-corrected chi connectivity index (χ3v) is 4.40. The van der Waals surface area contributed by atoms with Crippen LogP contribution in [0.2, 0.25) is 0 Å². The van der Waals surface area contributed by atoms with Gasteiger partial charge < -0.3 is 9.84 Å². The Balaban J connectivity index is 1.46. The highest BCUT2D eigenvalue weighted by molar-refractivity contribution is 5.22. The van der Waals surface area contributed by atoms with Gasteiger partial charge in [0.05, 0.1) is 19.3 Å². The Bertz CT molecular complexity index is 625. The lowest BCUT2D eigenvalue weighted by molar-refractivity contribution is 0.00705. The Labute approximate surface area is 144 Å². The van der Waals surface area contributed by atoms with Gasteiger partial charge in [-0.2, -0.15) is 0 Å². The SMILES string of the molecule is Cc1cccc(CN(C[C@@H](O)COCc2ccccc2)C2CC2)c1. The second-order valence-corrected chi connectivity index (χ2v) is 6.80. The molecule has 128 valence electrons. The van der Waals surface area contributed by atoms with Gasteiger partial charge in [0.2, 0.25) is 0 Å². The van der Waals surface area contributed by atoms with Crippen molar-refractivity contribution < 1.29 is 9.84 Å². The van der Waals surface area contributed by atoms with Crippen LogP contribution in [0.15, 0.2) is 54.6 Å². The molecule has 1 saturated carbocycles. The first-order valence-corrected chi connectivity index (χ1v) is 8.80. The van der Waals surface area contributed by atoms with Gasteiger partial charge in [-0.25, -0.2) is 0 Å². The third-order valence-electron chi connectivity index (χ3n) is 4.40. The fourth-order valence-corrected chi connectivity index (χ4v) is 3.04. The van der Waals surface area contributed by atoms with E-state index in [0.717, 1.165) is 12.1 Å². The fourth-order valence-electron chi connectivity index (χ4n) is 3.04. The lowest BCUT2D eigenvalue weighted by Crippen LogP contribution is -2.36. The van der Waals surface area contributed by atoms with Crippen LogP contribution in [0, 0.1) is 6.92 Å². The van der Waals surface area contributed by atoms with E-state index in [1.54, 1.807) is 0 Å². The van der Waals surface area contributed by atoms with Gasteiger partial charge >= 0.3 is 0 Å². The zero-order valence-electron chi connectivity index (χ0n) is 14.4. The molecule has 3 rings (SSSR count). The lowest BCUT2D eigenvalue weighted by atomic mass is 10.1. The van der Waals surface area contributed by atoms with Crippen molar-refractivity contribution in [2.75, 3.05) is 13.2 Å². The first kappa shape index (κ1) is 17.2. The van der Waals surface area contributed by atoms with Gasteiger partial charge in [-0.3, -0.25) is 4.90 Å². The summed E-state index contributed by atoms with van der Waals surface area (Å²) >= 11 is 0. The van der Waals surface area contributed by atoms with E-state index in [1.165, 1.54) is 24.0 Å². The Morgan fingerprint density at radius 1 is 1.08 bits per heavy atom. The predicted octanol–water partition coefficient (Wildman–Crippen LogP) is 3.54. The second-order valence-electron chi connectivity index (χ2n) is 6.80. The number of aliphatic hydroxyl groups excluding tert-OH is 1. The van der Waals surface area contributed by atoms with E-state index < -0.39 is 6.10 Å². The van der Waals surface area contributed by atoms with Gasteiger partial charge in [0.15, 0.2) is 0 Å². The number of hydrogen-bond donors (Lipinski definition) is 1. The van der Waals surface area contributed by atoms with Crippen molar-refractivity contribution in [2.24, 2.45) is 0 Å². The van der Waals surface area contributed by atoms with Gasteiger partial charge in [0.25, 0.3) is 0 Å². The third kappa shape index (κ3) is 5.45. The van der Waals surface area contributed by atoms with Crippen molar-refractivity contribution >= 4 is 0 Å². The van der Waals surface area contributed by atoms with Crippen LogP contribution in [0.3, 0.4) is 0 Å². The van der Waals surface area contributed by atoms with Crippen molar-refractivity contribution in [1.29, 1.82) is 0 Å². The highest BCUT2D eigenvalue weighted by atomic mass is 16.5. The zero-order valence-corrected chi connectivity index (χ0v) is 14.4. The van der Waals surface area contributed by atoms with E-state index in [2.05, 4.69) is 36.1 Å². The number of benzene rings is 2. The molecule has 1 atom stereocenters. The summed E-state index contributed by atoms with van der Waals surface area (Å²) in [6, 6.07) is 19.3. The van der Waals surface area contributed by atoms with Crippen molar-refractivity contribution in [2.45, 2.75) is 45.1 Å². The summed E-state index contributed by atoms with van der Waals surface area (Å²) in [5, 5.41) is 10.3. The van der Waals surface area contributed by atoms with Crippen LogP contribution in [0.4, 0.5) is 0 Å². The molecule has 24 heavy (non-hydrogen) atoms.